The highest BCUT2D eigenvalue weighted by Gasteiger charge is 2.35. The first kappa shape index (κ1) is 18.3. The average molecular weight is 399 g/mol. The molecule has 0 aliphatic rings. The summed E-state index contributed by atoms with van der Waals surface area (Å²) in [5.74, 6) is -2.51. The number of carbonyl (C=O) groups excluding carboxylic acids is 1. The summed E-state index contributed by atoms with van der Waals surface area (Å²) in [4.78, 5) is 20.0. The number of pyridine rings is 1. The molecule has 1 aromatic carbocycles. The van der Waals surface area contributed by atoms with E-state index in [0.29, 0.717) is 16.9 Å². The predicted molar refractivity (Wildman–Crippen MR) is 96.1 cm³/mol. The number of nitrogens with one attached hydrogen (secondary N) is 2. The number of benzene rings is 1. The summed E-state index contributed by atoms with van der Waals surface area (Å²) in [5.41, 5.74) is 1.71. The number of hydrogen-bond acceptors (Lipinski definition) is 5. The minimum atomic E-state index is -4.70. The zero-order chi connectivity index (χ0) is 20.4. The Balaban J connectivity index is 1.71. The van der Waals surface area contributed by atoms with Crippen LogP contribution in [-0.2, 0) is 6.18 Å². The first-order valence-corrected chi connectivity index (χ1v) is 8.28. The molecule has 1 amide bonds. The van der Waals surface area contributed by atoms with E-state index in [2.05, 4.69) is 25.5 Å². The van der Waals surface area contributed by atoms with Crippen LogP contribution in [0.4, 0.5) is 19.1 Å². The summed E-state index contributed by atoms with van der Waals surface area (Å²) in [6, 6.07) is 12.5. The van der Waals surface area contributed by atoms with E-state index in [9.17, 15) is 18.0 Å². The lowest BCUT2D eigenvalue weighted by Gasteiger charge is -2.02. The van der Waals surface area contributed by atoms with Crippen LogP contribution in [0.3, 0.4) is 0 Å². The second kappa shape index (κ2) is 7.19. The number of carbonyl (C=O) groups is 1. The van der Waals surface area contributed by atoms with E-state index in [4.69, 9.17) is 0 Å². The number of anilines is 1. The summed E-state index contributed by atoms with van der Waals surface area (Å²) in [6.07, 6.45) is -0.119. The van der Waals surface area contributed by atoms with Gasteiger partial charge in [0.1, 0.15) is 5.69 Å². The van der Waals surface area contributed by atoms with Gasteiger partial charge < -0.3 is 0 Å². The quantitative estimate of drug-likeness (QED) is 0.548. The van der Waals surface area contributed by atoms with Gasteiger partial charge in [-0.25, -0.2) is 4.68 Å². The topological polar surface area (TPSA) is 101 Å². The van der Waals surface area contributed by atoms with Crippen LogP contribution in [0.25, 0.3) is 16.9 Å². The molecule has 0 radical (unpaired) electrons. The maximum absolute atomic E-state index is 12.8. The first-order valence-electron chi connectivity index (χ1n) is 8.28. The highest BCUT2D eigenvalue weighted by molar-refractivity contribution is 6.07. The molecule has 0 bridgehead atoms. The summed E-state index contributed by atoms with van der Waals surface area (Å²) in [7, 11) is 0. The van der Waals surface area contributed by atoms with Crippen molar-refractivity contribution in [2.24, 2.45) is 0 Å². The van der Waals surface area contributed by atoms with Crippen molar-refractivity contribution >= 4 is 11.9 Å². The lowest BCUT2D eigenvalue weighted by molar-refractivity contribution is -0.144. The molecule has 11 heteroatoms. The van der Waals surface area contributed by atoms with Crippen molar-refractivity contribution in [1.82, 2.24) is 29.9 Å². The highest BCUT2D eigenvalue weighted by atomic mass is 19.4. The number of rotatable bonds is 4. The number of halogens is 3. The minimum absolute atomic E-state index is 0.125. The van der Waals surface area contributed by atoms with Gasteiger partial charge in [0.05, 0.1) is 11.3 Å². The van der Waals surface area contributed by atoms with E-state index in [1.165, 1.54) is 17.1 Å². The number of hydrogen-bond donors (Lipinski definition) is 2. The molecular formula is C18H12F3N7O. The molecule has 0 unspecified atom stereocenters. The second-order valence-corrected chi connectivity index (χ2v) is 5.87. The number of H-pyrrole nitrogens is 1. The van der Waals surface area contributed by atoms with E-state index in [-0.39, 0.29) is 5.56 Å². The lowest BCUT2D eigenvalue weighted by atomic mass is 10.1. The molecule has 0 saturated heterocycles. The molecule has 2 N–H and O–H groups in total. The largest absolute Gasteiger partial charge is 0.451 e. The van der Waals surface area contributed by atoms with Gasteiger partial charge in [0, 0.05) is 24.2 Å². The molecule has 0 spiro atoms. The molecule has 8 nitrogen and oxygen atoms in total. The van der Waals surface area contributed by atoms with Gasteiger partial charge in [-0.05, 0) is 24.3 Å². The summed E-state index contributed by atoms with van der Waals surface area (Å²) in [6.45, 7) is 0. The van der Waals surface area contributed by atoms with Crippen LogP contribution in [0.1, 0.15) is 16.2 Å². The molecule has 0 aliphatic heterocycles. The summed E-state index contributed by atoms with van der Waals surface area (Å²) < 4.78 is 39.5. The SMILES string of the molecule is O=C(Nc1n[nH]c(C(F)(F)F)n1)c1cn(-c2ccccc2)nc1-c1cccnc1. The average Bonchev–Trinajstić information content (AvgIpc) is 3.36. The number of nitrogens with zero attached hydrogens (tertiary/aromatic N) is 5. The van der Waals surface area contributed by atoms with E-state index < -0.39 is 23.9 Å². The van der Waals surface area contributed by atoms with Crippen molar-refractivity contribution < 1.29 is 18.0 Å². The maximum atomic E-state index is 12.8. The molecule has 0 fully saturated rings. The standard InChI is InChI=1S/C18H12F3N7O/c19-18(20,21)16-24-17(26-25-16)23-15(29)13-10-28(12-6-2-1-3-7-12)27-14(13)11-5-4-8-22-9-11/h1-10H,(H2,23,24,25,26,29). The Bertz CT molecular complexity index is 1140. The Morgan fingerprint density at radius 3 is 2.55 bits per heavy atom. The Hall–Kier alpha value is -4.02. The third-order valence-electron chi connectivity index (χ3n) is 3.89. The summed E-state index contributed by atoms with van der Waals surface area (Å²) >= 11 is 0. The molecule has 0 saturated carbocycles. The van der Waals surface area contributed by atoms with Gasteiger partial charge in [0.2, 0.25) is 11.8 Å². The zero-order valence-corrected chi connectivity index (χ0v) is 14.6. The van der Waals surface area contributed by atoms with Crippen molar-refractivity contribution in [3.63, 3.8) is 0 Å². The normalized spacial score (nSPS) is 11.4. The number of para-hydroxylation sites is 1. The van der Waals surface area contributed by atoms with E-state index in [1.54, 1.807) is 35.6 Å². The van der Waals surface area contributed by atoms with Crippen molar-refractivity contribution in [2.45, 2.75) is 6.18 Å². The smallest absolute Gasteiger partial charge is 0.289 e. The summed E-state index contributed by atoms with van der Waals surface area (Å²) in [5, 5.41) is 11.8. The molecule has 146 valence electrons. The molecule has 4 aromatic rings. The third-order valence-corrected chi connectivity index (χ3v) is 3.89. The fourth-order valence-corrected chi connectivity index (χ4v) is 2.58. The number of alkyl halides is 3. The van der Waals surface area contributed by atoms with Gasteiger partial charge in [0.25, 0.3) is 5.91 Å². The van der Waals surface area contributed by atoms with Gasteiger partial charge >= 0.3 is 6.18 Å². The molecule has 4 rings (SSSR count). The Labute approximate surface area is 161 Å². The molecule has 3 aromatic heterocycles. The number of aromatic nitrogens is 6. The number of aromatic amines is 1. The van der Waals surface area contributed by atoms with Gasteiger partial charge in [0.15, 0.2) is 0 Å². The fourth-order valence-electron chi connectivity index (χ4n) is 2.58. The lowest BCUT2D eigenvalue weighted by Crippen LogP contribution is -2.14. The molecular weight excluding hydrogens is 387 g/mol. The fraction of sp³-hybridized carbons (Fsp3) is 0.0556. The Morgan fingerprint density at radius 2 is 1.90 bits per heavy atom. The van der Waals surface area contributed by atoms with Gasteiger partial charge in [-0.2, -0.15) is 23.3 Å². The monoisotopic (exact) mass is 399 g/mol. The maximum Gasteiger partial charge on any atom is 0.451 e. The minimum Gasteiger partial charge on any atom is -0.289 e. The Morgan fingerprint density at radius 1 is 1.10 bits per heavy atom. The van der Waals surface area contributed by atoms with E-state index in [1.807, 2.05) is 18.2 Å². The van der Waals surface area contributed by atoms with Crippen LogP contribution in [0.5, 0.6) is 0 Å². The molecule has 3 heterocycles. The van der Waals surface area contributed by atoms with Crippen molar-refractivity contribution in [3.8, 4) is 16.9 Å². The number of amides is 1. The van der Waals surface area contributed by atoms with Crippen molar-refractivity contribution in [3.05, 3.63) is 72.4 Å². The van der Waals surface area contributed by atoms with Crippen LogP contribution in [-0.4, -0.2) is 35.9 Å². The van der Waals surface area contributed by atoms with Crippen LogP contribution < -0.4 is 5.32 Å². The molecule has 29 heavy (non-hydrogen) atoms. The van der Waals surface area contributed by atoms with Crippen molar-refractivity contribution in [1.29, 1.82) is 0 Å². The van der Waals surface area contributed by atoms with Gasteiger partial charge in [-0.1, -0.05) is 18.2 Å². The first-order chi connectivity index (χ1) is 13.9. The van der Waals surface area contributed by atoms with Crippen LogP contribution >= 0.6 is 0 Å². The third kappa shape index (κ3) is 3.83. The van der Waals surface area contributed by atoms with E-state index >= 15 is 0 Å². The molecule has 0 atom stereocenters. The second-order valence-electron chi connectivity index (χ2n) is 5.87. The van der Waals surface area contributed by atoms with E-state index in [0.717, 1.165) is 0 Å². The zero-order valence-electron chi connectivity index (χ0n) is 14.6. The Kier molecular flexibility index (Phi) is 4.55. The van der Waals surface area contributed by atoms with Gasteiger partial charge in [-0.15, -0.1) is 5.10 Å². The highest BCUT2D eigenvalue weighted by Crippen LogP contribution is 2.27. The van der Waals surface area contributed by atoms with Crippen LogP contribution in [0.2, 0.25) is 0 Å². The predicted octanol–water partition coefficient (Wildman–Crippen LogP) is 3.32. The van der Waals surface area contributed by atoms with Crippen LogP contribution in [0, 0.1) is 0 Å². The van der Waals surface area contributed by atoms with Gasteiger partial charge in [-0.3, -0.25) is 20.2 Å². The van der Waals surface area contributed by atoms with Crippen LogP contribution in [0.15, 0.2) is 61.1 Å². The van der Waals surface area contributed by atoms with Crippen molar-refractivity contribution in [2.75, 3.05) is 5.32 Å². The molecule has 0 aliphatic carbocycles.